The van der Waals surface area contributed by atoms with Gasteiger partial charge in [0.25, 0.3) is 0 Å². The average molecular weight is 360 g/mol. The summed E-state index contributed by atoms with van der Waals surface area (Å²) in [5.74, 6) is -0.133. The van der Waals surface area contributed by atoms with E-state index in [2.05, 4.69) is 9.44 Å². The van der Waals surface area contributed by atoms with Gasteiger partial charge in [0.05, 0.1) is 5.75 Å². The van der Waals surface area contributed by atoms with Gasteiger partial charge in [-0.1, -0.05) is 36.4 Å². The summed E-state index contributed by atoms with van der Waals surface area (Å²) in [5.41, 5.74) is 0.675. The van der Waals surface area contributed by atoms with Crippen molar-refractivity contribution in [1.82, 2.24) is 9.44 Å². The Hall–Kier alpha value is -1.26. The maximum Gasteiger partial charge on any atom is 0.250 e. The normalized spacial score (nSPS) is 12.4. The highest BCUT2D eigenvalue weighted by Crippen LogP contribution is 2.14. The lowest BCUT2D eigenvalue weighted by molar-refractivity contribution is 0.571. The molecule has 0 unspecified atom stereocenters. The van der Waals surface area contributed by atoms with Gasteiger partial charge in [0.1, 0.15) is 4.21 Å². The molecule has 2 rings (SSSR count). The fourth-order valence-electron chi connectivity index (χ4n) is 1.72. The van der Waals surface area contributed by atoms with Gasteiger partial charge in [-0.15, -0.1) is 11.3 Å². The molecule has 0 aliphatic carbocycles. The van der Waals surface area contributed by atoms with Crippen LogP contribution in [0.4, 0.5) is 0 Å². The van der Waals surface area contributed by atoms with E-state index in [0.29, 0.717) is 5.56 Å². The third kappa shape index (κ3) is 5.18. The summed E-state index contributed by atoms with van der Waals surface area (Å²) >= 11 is 1.11. The first-order valence-corrected chi connectivity index (χ1v) is 10.4. The SMILES string of the molecule is O=S(=O)(Cc1ccccc1)NCCNS(=O)(=O)c1cccs1. The zero-order valence-electron chi connectivity index (χ0n) is 11.6. The molecule has 0 aliphatic rings. The maximum atomic E-state index is 11.9. The predicted molar refractivity (Wildman–Crippen MR) is 86.6 cm³/mol. The van der Waals surface area contributed by atoms with E-state index in [4.69, 9.17) is 0 Å². The molecule has 0 amide bonds. The fraction of sp³-hybridized carbons (Fsp3) is 0.231. The zero-order chi connectivity index (χ0) is 16.1. The highest BCUT2D eigenvalue weighted by atomic mass is 32.2. The Morgan fingerprint density at radius 3 is 2.18 bits per heavy atom. The average Bonchev–Trinajstić information content (AvgIpc) is 2.99. The molecule has 2 N–H and O–H groups in total. The molecular formula is C13H16N2O4S3. The summed E-state index contributed by atoms with van der Waals surface area (Å²) in [6, 6.07) is 11.9. The van der Waals surface area contributed by atoms with Crippen LogP contribution in [0, 0.1) is 0 Å². The minimum absolute atomic E-state index is 0.000226. The molecule has 1 aromatic carbocycles. The van der Waals surface area contributed by atoms with Crippen LogP contribution in [0.2, 0.25) is 0 Å². The standard InChI is InChI=1S/C13H16N2O4S3/c16-21(17,11-12-5-2-1-3-6-12)14-8-9-15-22(18,19)13-7-4-10-20-13/h1-7,10,14-15H,8-9,11H2. The number of benzene rings is 1. The van der Waals surface area contributed by atoms with Crippen LogP contribution in [-0.2, 0) is 25.8 Å². The number of hydrogen-bond acceptors (Lipinski definition) is 5. The molecule has 9 heteroatoms. The van der Waals surface area contributed by atoms with Crippen molar-refractivity contribution in [3.05, 3.63) is 53.4 Å². The minimum Gasteiger partial charge on any atom is -0.214 e. The smallest absolute Gasteiger partial charge is 0.214 e. The Labute approximate surface area is 134 Å². The molecule has 0 saturated heterocycles. The Bertz CT molecular complexity index is 785. The Kier molecular flexibility index (Phi) is 5.70. The first-order chi connectivity index (χ1) is 10.4. The molecule has 0 atom stereocenters. The lowest BCUT2D eigenvalue weighted by Crippen LogP contribution is -2.35. The second-order valence-corrected chi connectivity index (χ2v) is 9.22. The van der Waals surface area contributed by atoms with E-state index in [1.807, 2.05) is 6.07 Å². The fourth-order valence-corrected chi connectivity index (χ4v) is 4.94. The van der Waals surface area contributed by atoms with Crippen molar-refractivity contribution in [1.29, 1.82) is 0 Å². The van der Waals surface area contributed by atoms with Crippen molar-refractivity contribution in [3.63, 3.8) is 0 Å². The number of hydrogen-bond donors (Lipinski definition) is 2. The topological polar surface area (TPSA) is 92.3 Å². The van der Waals surface area contributed by atoms with Crippen molar-refractivity contribution >= 4 is 31.4 Å². The van der Waals surface area contributed by atoms with Crippen LogP contribution >= 0.6 is 11.3 Å². The highest BCUT2D eigenvalue weighted by Gasteiger charge is 2.15. The number of rotatable bonds is 8. The molecule has 0 saturated carbocycles. The van der Waals surface area contributed by atoms with E-state index < -0.39 is 20.0 Å². The van der Waals surface area contributed by atoms with Crippen molar-refractivity contribution in [3.8, 4) is 0 Å². The molecule has 1 heterocycles. The van der Waals surface area contributed by atoms with E-state index in [1.54, 1.807) is 35.7 Å². The summed E-state index contributed by atoms with van der Waals surface area (Å²) in [4.78, 5) is 0. The molecule has 0 radical (unpaired) electrons. The van der Waals surface area contributed by atoms with Gasteiger partial charge in [0, 0.05) is 13.1 Å². The molecule has 0 bridgehead atoms. The molecule has 1 aromatic heterocycles. The summed E-state index contributed by atoms with van der Waals surface area (Å²) in [6.45, 7) is -0.00593. The summed E-state index contributed by atoms with van der Waals surface area (Å²) in [7, 11) is -7.05. The molecular weight excluding hydrogens is 344 g/mol. The lowest BCUT2D eigenvalue weighted by Gasteiger charge is -2.08. The van der Waals surface area contributed by atoms with E-state index in [9.17, 15) is 16.8 Å². The van der Waals surface area contributed by atoms with Crippen LogP contribution in [-0.4, -0.2) is 29.9 Å². The van der Waals surface area contributed by atoms with Crippen LogP contribution < -0.4 is 9.44 Å². The van der Waals surface area contributed by atoms with Gasteiger partial charge in [-0.3, -0.25) is 0 Å². The van der Waals surface area contributed by atoms with E-state index in [0.717, 1.165) is 11.3 Å². The highest BCUT2D eigenvalue weighted by molar-refractivity contribution is 7.91. The van der Waals surface area contributed by atoms with Gasteiger partial charge in [-0.05, 0) is 17.0 Å². The Balaban J connectivity index is 1.81. The molecule has 22 heavy (non-hydrogen) atoms. The quantitative estimate of drug-likeness (QED) is 0.691. The number of sulfonamides is 2. The monoisotopic (exact) mass is 360 g/mol. The molecule has 0 aliphatic heterocycles. The van der Waals surface area contributed by atoms with Crippen molar-refractivity contribution in [2.24, 2.45) is 0 Å². The largest absolute Gasteiger partial charge is 0.250 e. The molecule has 6 nitrogen and oxygen atoms in total. The molecule has 0 spiro atoms. The summed E-state index contributed by atoms with van der Waals surface area (Å²) in [5, 5.41) is 1.66. The van der Waals surface area contributed by atoms with Crippen LogP contribution in [0.15, 0.2) is 52.1 Å². The van der Waals surface area contributed by atoms with Crippen molar-refractivity contribution in [2.75, 3.05) is 13.1 Å². The van der Waals surface area contributed by atoms with Gasteiger partial charge in [0.15, 0.2) is 0 Å². The second kappa shape index (κ2) is 7.34. The van der Waals surface area contributed by atoms with E-state index in [1.165, 1.54) is 6.07 Å². The Morgan fingerprint density at radius 1 is 0.864 bits per heavy atom. The third-order valence-electron chi connectivity index (χ3n) is 2.70. The predicted octanol–water partition coefficient (Wildman–Crippen LogP) is 1.15. The molecule has 0 fully saturated rings. The molecule has 2 aromatic rings. The first-order valence-electron chi connectivity index (χ1n) is 6.43. The van der Waals surface area contributed by atoms with Crippen LogP contribution in [0.1, 0.15) is 5.56 Å². The summed E-state index contributed by atoms with van der Waals surface area (Å²) in [6.07, 6.45) is 0. The number of nitrogens with one attached hydrogen (secondary N) is 2. The lowest BCUT2D eigenvalue weighted by atomic mass is 10.2. The van der Waals surface area contributed by atoms with Crippen LogP contribution in [0.5, 0.6) is 0 Å². The minimum atomic E-state index is -3.56. The van der Waals surface area contributed by atoms with Crippen molar-refractivity contribution < 1.29 is 16.8 Å². The van der Waals surface area contributed by atoms with Crippen molar-refractivity contribution in [2.45, 2.75) is 9.96 Å². The Morgan fingerprint density at radius 2 is 1.55 bits per heavy atom. The summed E-state index contributed by atoms with van der Waals surface area (Å²) < 4.78 is 52.3. The van der Waals surface area contributed by atoms with Crippen LogP contribution in [0.25, 0.3) is 0 Å². The van der Waals surface area contributed by atoms with E-state index >= 15 is 0 Å². The third-order valence-corrected chi connectivity index (χ3v) is 6.91. The van der Waals surface area contributed by atoms with Gasteiger partial charge in [0.2, 0.25) is 20.0 Å². The van der Waals surface area contributed by atoms with Gasteiger partial charge in [-0.25, -0.2) is 26.3 Å². The van der Waals surface area contributed by atoms with Gasteiger partial charge >= 0.3 is 0 Å². The second-order valence-electron chi connectivity index (χ2n) is 4.47. The van der Waals surface area contributed by atoms with Gasteiger partial charge in [-0.2, -0.15) is 0 Å². The first kappa shape index (κ1) is 17.1. The van der Waals surface area contributed by atoms with Crippen LogP contribution in [0.3, 0.4) is 0 Å². The maximum absolute atomic E-state index is 11.9. The number of thiophene rings is 1. The molecule has 120 valence electrons. The zero-order valence-corrected chi connectivity index (χ0v) is 14.0. The van der Waals surface area contributed by atoms with Gasteiger partial charge < -0.3 is 0 Å². The van der Waals surface area contributed by atoms with E-state index in [-0.39, 0.29) is 23.1 Å².